The van der Waals surface area contributed by atoms with Gasteiger partial charge in [-0.05, 0) is 17.4 Å². The molecular weight excluding hydrogens is 226 g/mol. The molecule has 1 amide bonds. The van der Waals surface area contributed by atoms with E-state index in [0.717, 1.165) is 0 Å². The van der Waals surface area contributed by atoms with Gasteiger partial charge in [0.05, 0.1) is 12.2 Å². The van der Waals surface area contributed by atoms with E-state index in [1.54, 1.807) is 11.4 Å². The summed E-state index contributed by atoms with van der Waals surface area (Å²) in [7, 11) is 0. The molecule has 0 unspecified atom stereocenters. The van der Waals surface area contributed by atoms with Crippen LogP contribution in [0.5, 0.6) is 0 Å². The third-order valence-corrected chi connectivity index (χ3v) is 2.55. The minimum absolute atomic E-state index is 0.194. The molecule has 0 atom stereocenters. The largest absolute Gasteiger partial charge is 0.462 e. The lowest BCUT2D eigenvalue weighted by atomic mass is 10.2. The van der Waals surface area contributed by atoms with Gasteiger partial charge in [0.1, 0.15) is 5.00 Å². The fourth-order valence-corrected chi connectivity index (χ4v) is 1.87. The highest BCUT2D eigenvalue weighted by molar-refractivity contribution is 7.14. The first-order valence-electron chi connectivity index (χ1n) is 5.03. The van der Waals surface area contributed by atoms with Gasteiger partial charge in [-0.15, -0.1) is 11.3 Å². The molecule has 1 aromatic heterocycles. The standard InChI is InChI=1S/C11H15NO3S/c1-7(2)6-15-11(14)9-4-5-16-10(9)12-8(3)13/h4-5,7H,6H2,1-3H3,(H,12,13). The van der Waals surface area contributed by atoms with Gasteiger partial charge in [0.25, 0.3) is 0 Å². The molecular formula is C11H15NO3S. The Bertz CT molecular complexity index is 384. The maximum atomic E-state index is 11.6. The Balaban J connectivity index is 2.68. The van der Waals surface area contributed by atoms with Crippen molar-refractivity contribution in [3.8, 4) is 0 Å². The molecule has 1 aromatic rings. The van der Waals surface area contributed by atoms with E-state index in [4.69, 9.17) is 4.74 Å². The van der Waals surface area contributed by atoms with Crippen LogP contribution in [0.1, 0.15) is 31.1 Å². The lowest BCUT2D eigenvalue weighted by Gasteiger charge is -2.07. The molecule has 88 valence electrons. The molecule has 1 rings (SSSR count). The number of carbonyl (C=O) groups is 2. The molecule has 0 spiro atoms. The number of thiophene rings is 1. The van der Waals surface area contributed by atoms with Gasteiger partial charge in [0, 0.05) is 6.92 Å². The molecule has 16 heavy (non-hydrogen) atoms. The molecule has 4 nitrogen and oxygen atoms in total. The quantitative estimate of drug-likeness (QED) is 0.824. The summed E-state index contributed by atoms with van der Waals surface area (Å²) in [5, 5.41) is 4.89. The van der Waals surface area contributed by atoms with Crippen molar-refractivity contribution in [3.05, 3.63) is 17.0 Å². The van der Waals surface area contributed by atoms with E-state index in [2.05, 4.69) is 5.32 Å². The monoisotopic (exact) mass is 241 g/mol. The van der Waals surface area contributed by atoms with Gasteiger partial charge in [-0.3, -0.25) is 4.79 Å². The first-order valence-corrected chi connectivity index (χ1v) is 5.91. The first kappa shape index (κ1) is 12.7. The van der Waals surface area contributed by atoms with Gasteiger partial charge < -0.3 is 10.1 Å². The predicted octanol–water partition coefficient (Wildman–Crippen LogP) is 2.52. The van der Waals surface area contributed by atoms with E-state index in [1.807, 2.05) is 13.8 Å². The van der Waals surface area contributed by atoms with Gasteiger partial charge in [-0.25, -0.2) is 4.79 Å². The van der Waals surface area contributed by atoms with Gasteiger partial charge in [-0.2, -0.15) is 0 Å². The van der Waals surface area contributed by atoms with Crippen LogP contribution >= 0.6 is 11.3 Å². The van der Waals surface area contributed by atoms with Crippen LogP contribution in [0.2, 0.25) is 0 Å². The molecule has 0 saturated carbocycles. The lowest BCUT2D eigenvalue weighted by molar-refractivity contribution is -0.114. The number of nitrogens with one attached hydrogen (secondary N) is 1. The minimum atomic E-state index is -0.390. The summed E-state index contributed by atoms with van der Waals surface area (Å²) >= 11 is 1.31. The Hall–Kier alpha value is -1.36. The predicted molar refractivity (Wildman–Crippen MR) is 63.7 cm³/mol. The zero-order valence-electron chi connectivity index (χ0n) is 9.57. The van der Waals surface area contributed by atoms with Crippen LogP contribution in [0, 0.1) is 5.92 Å². The van der Waals surface area contributed by atoms with Crippen LogP contribution in [-0.4, -0.2) is 18.5 Å². The van der Waals surface area contributed by atoms with Crippen molar-refractivity contribution in [2.45, 2.75) is 20.8 Å². The molecule has 0 radical (unpaired) electrons. The van der Waals surface area contributed by atoms with Gasteiger partial charge in [0.15, 0.2) is 0 Å². The van der Waals surface area contributed by atoms with Crippen LogP contribution in [0.25, 0.3) is 0 Å². The van der Waals surface area contributed by atoms with Crippen molar-refractivity contribution >= 4 is 28.2 Å². The van der Waals surface area contributed by atoms with Gasteiger partial charge in [-0.1, -0.05) is 13.8 Å². The maximum Gasteiger partial charge on any atom is 0.341 e. The first-order chi connectivity index (χ1) is 7.50. The molecule has 0 saturated heterocycles. The normalized spacial score (nSPS) is 10.2. The average molecular weight is 241 g/mol. The Labute approximate surface area is 98.6 Å². The summed E-state index contributed by atoms with van der Waals surface area (Å²) in [6, 6.07) is 1.65. The molecule has 0 aromatic carbocycles. The van der Waals surface area contributed by atoms with Crippen LogP contribution in [0.15, 0.2) is 11.4 Å². The van der Waals surface area contributed by atoms with Crippen molar-refractivity contribution in [2.24, 2.45) is 5.92 Å². The second-order valence-corrected chi connectivity index (χ2v) is 4.75. The molecule has 0 aliphatic heterocycles. The summed E-state index contributed by atoms with van der Waals surface area (Å²) in [5.74, 6) is -0.286. The maximum absolute atomic E-state index is 11.6. The van der Waals surface area contributed by atoms with E-state index < -0.39 is 5.97 Å². The summed E-state index contributed by atoms with van der Waals surface area (Å²) in [5.41, 5.74) is 0.417. The number of hydrogen-bond acceptors (Lipinski definition) is 4. The molecule has 0 aliphatic carbocycles. The van der Waals surface area contributed by atoms with E-state index in [-0.39, 0.29) is 5.91 Å². The third kappa shape index (κ3) is 3.66. The fourth-order valence-electron chi connectivity index (χ4n) is 1.05. The molecule has 1 heterocycles. The van der Waals surface area contributed by atoms with Crippen LogP contribution < -0.4 is 5.32 Å². The van der Waals surface area contributed by atoms with Crippen molar-refractivity contribution in [1.82, 2.24) is 0 Å². The Morgan fingerprint density at radius 1 is 1.50 bits per heavy atom. The zero-order valence-corrected chi connectivity index (χ0v) is 10.4. The van der Waals surface area contributed by atoms with Crippen molar-refractivity contribution in [2.75, 3.05) is 11.9 Å². The van der Waals surface area contributed by atoms with Crippen LogP contribution in [0.4, 0.5) is 5.00 Å². The third-order valence-electron chi connectivity index (χ3n) is 1.72. The number of esters is 1. The van der Waals surface area contributed by atoms with Crippen molar-refractivity contribution in [3.63, 3.8) is 0 Å². The molecule has 0 aliphatic rings. The summed E-state index contributed by atoms with van der Waals surface area (Å²) in [6.07, 6.45) is 0. The second-order valence-electron chi connectivity index (χ2n) is 3.84. The number of rotatable bonds is 4. The van der Waals surface area contributed by atoms with Crippen LogP contribution in [-0.2, 0) is 9.53 Å². The highest BCUT2D eigenvalue weighted by Gasteiger charge is 2.15. The second kappa shape index (κ2) is 5.65. The van der Waals surface area contributed by atoms with E-state index in [9.17, 15) is 9.59 Å². The molecule has 0 fully saturated rings. The Kier molecular flexibility index (Phi) is 4.49. The average Bonchev–Trinajstić information content (AvgIpc) is 2.61. The highest BCUT2D eigenvalue weighted by Crippen LogP contribution is 2.24. The Morgan fingerprint density at radius 2 is 2.19 bits per heavy atom. The Morgan fingerprint density at radius 3 is 2.75 bits per heavy atom. The van der Waals surface area contributed by atoms with Gasteiger partial charge in [0.2, 0.25) is 5.91 Å². The molecule has 5 heteroatoms. The van der Waals surface area contributed by atoms with Crippen LogP contribution in [0.3, 0.4) is 0 Å². The van der Waals surface area contributed by atoms with Crippen molar-refractivity contribution < 1.29 is 14.3 Å². The summed E-state index contributed by atoms with van der Waals surface area (Å²) < 4.78 is 5.09. The van der Waals surface area contributed by atoms with E-state index in [0.29, 0.717) is 23.1 Å². The number of hydrogen-bond donors (Lipinski definition) is 1. The fraction of sp³-hybridized carbons (Fsp3) is 0.455. The minimum Gasteiger partial charge on any atom is -0.462 e. The smallest absolute Gasteiger partial charge is 0.341 e. The van der Waals surface area contributed by atoms with Crippen molar-refractivity contribution in [1.29, 1.82) is 0 Å². The zero-order chi connectivity index (χ0) is 12.1. The highest BCUT2D eigenvalue weighted by atomic mass is 32.1. The summed E-state index contributed by atoms with van der Waals surface area (Å²) in [6.45, 7) is 5.72. The van der Waals surface area contributed by atoms with E-state index in [1.165, 1.54) is 18.3 Å². The lowest BCUT2D eigenvalue weighted by Crippen LogP contribution is -2.13. The van der Waals surface area contributed by atoms with E-state index >= 15 is 0 Å². The van der Waals surface area contributed by atoms with Gasteiger partial charge >= 0.3 is 5.97 Å². The number of carbonyl (C=O) groups excluding carboxylic acids is 2. The number of ether oxygens (including phenoxy) is 1. The molecule has 0 bridgehead atoms. The summed E-state index contributed by atoms with van der Waals surface area (Å²) in [4.78, 5) is 22.5. The number of anilines is 1. The topological polar surface area (TPSA) is 55.4 Å². The number of amides is 1. The SMILES string of the molecule is CC(=O)Nc1sccc1C(=O)OCC(C)C. The molecule has 1 N–H and O–H groups in total.